The van der Waals surface area contributed by atoms with Gasteiger partial charge in [0.2, 0.25) is 5.95 Å². The molecule has 5 heteroatoms. The fourth-order valence-electron chi connectivity index (χ4n) is 3.19. The Morgan fingerprint density at radius 2 is 1.88 bits per heavy atom. The van der Waals surface area contributed by atoms with Gasteiger partial charge in [-0.1, -0.05) is 36.4 Å². The quantitative estimate of drug-likeness (QED) is 0.782. The van der Waals surface area contributed by atoms with Gasteiger partial charge in [0.15, 0.2) is 0 Å². The largest absolute Gasteiger partial charge is 0.350 e. The normalized spacial score (nSPS) is 12.5. The average molecular weight is 341 g/mol. The standard InChI is InChI=1S/C21H19N5/c1-15-6-7-16(10-19(15)11-22)12-24-21-23-9-8-20(25-21)26-13-17-4-2-3-5-18(17)14-26/h2-10H,12-14H2,1H3,(H,23,24,25). The first-order valence-electron chi connectivity index (χ1n) is 8.61. The molecular formula is C21H19N5. The maximum Gasteiger partial charge on any atom is 0.224 e. The lowest BCUT2D eigenvalue weighted by molar-refractivity contribution is 0.850. The van der Waals surface area contributed by atoms with Gasteiger partial charge < -0.3 is 10.2 Å². The Bertz CT molecular complexity index is 965. The summed E-state index contributed by atoms with van der Waals surface area (Å²) in [7, 11) is 0. The van der Waals surface area contributed by atoms with Crippen LogP contribution in [0.1, 0.15) is 27.8 Å². The minimum absolute atomic E-state index is 0.582. The fraction of sp³-hybridized carbons (Fsp3) is 0.190. The molecule has 2 heterocycles. The van der Waals surface area contributed by atoms with E-state index in [0.717, 1.165) is 30.0 Å². The molecule has 0 fully saturated rings. The predicted octanol–water partition coefficient (Wildman–Crippen LogP) is 3.79. The van der Waals surface area contributed by atoms with Crippen molar-refractivity contribution in [2.75, 3.05) is 10.2 Å². The van der Waals surface area contributed by atoms with E-state index in [-0.39, 0.29) is 0 Å². The van der Waals surface area contributed by atoms with Crippen molar-refractivity contribution in [2.45, 2.75) is 26.6 Å². The molecule has 2 aromatic carbocycles. The van der Waals surface area contributed by atoms with Crippen molar-refractivity contribution in [3.8, 4) is 6.07 Å². The molecular weight excluding hydrogens is 322 g/mol. The van der Waals surface area contributed by atoms with Crippen LogP contribution in [0.3, 0.4) is 0 Å². The number of aryl methyl sites for hydroxylation is 1. The molecule has 5 nitrogen and oxygen atoms in total. The van der Waals surface area contributed by atoms with Crippen molar-refractivity contribution in [1.29, 1.82) is 5.26 Å². The van der Waals surface area contributed by atoms with Crippen LogP contribution in [0, 0.1) is 18.3 Å². The number of hydrogen-bond donors (Lipinski definition) is 1. The summed E-state index contributed by atoms with van der Waals surface area (Å²) in [6.45, 7) is 4.27. The van der Waals surface area contributed by atoms with Gasteiger partial charge in [-0.25, -0.2) is 4.98 Å². The van der Waals surface area contributed by atoms with E-state index in [0.29, 0.717) is 18.1 Å². The monoisotopic (exact) mass is 341 g/mol. The number of benzene rings is 2. The van der Waals surface area contributed by atoms with E-state index < -0.39 is 0 Å². The zero-order chi connectivity index (χ0) is 17.9. The third kappa shape index (κ3) is 3.22. The predicted molar refractivity (Wildman–Crippen MR) is 102 cm³/mol. The summed E-state index contributed by atoms with van der Waals surface area (Å²) >= 11 is 0. The van der Waals surface area contributed by atoms with Crippen LogP contribution in [0.4, 0.5) is 11.8 Å². The second-order valence-electron chi connectivity index (χ2n) is 6.48. The number of anilines is 2. The van der Waals surface area contributed by atoms with Crippen molar-refractivity contribution >= 4 is 11.8 Å². The van der Waals surface area contributed by atoms with Crippen molar-refractivity contribution in [3.05, 3.63) is 82.5 Å². The molecule has 0 saturated heterocycles. The maximum absolute atomic E-state index is 9.16. The van der Waals surface area contributed by atoms with E-state index in [1.165, 1.54) is 11.1 Å². The Hall–Kier alpha value is -3.39. The number of nitriles is 1. The van der Waals surface area contributed by atoms with E-state index in [1.807, 2.05) is 31.2 Å². The molecule has 3 aromatic rings. The highest BCUT2D eigenvalue weighted by atomic mass is 15.2. The Kier molecular flexibility index (Phi) is 4.24. The van der Waals surface area contributed by atoms with Gasteiger partial charge in [0.05, 0.1) is 11.6 Å². The molecule has 4 rings (SSSR count). The summed E-state index contributed by atoms with van der Waals surface area (Å²) in [6.07, 6.45) is 1.78. The topological polar surface area (TPSA) is 64.8 Å². The molecule has 0 saturated carbocycles. The highest BCUT2D eigenvalue weighted by Gasteiger charge is 2.19. The summed E-state index contributed by atoms with van der Waals surface area (Å²) in [5.74, 6) is 1.51. The minimum atomic E-state index is 0.582. The van der Waals surface area contributed by atoms with Crippen molar-refractivity contribution in [1.82, 2.24) is 9.97 Å². The summed E-state index contributed by atoms with van der Waals surface area (Å²) in [6, 6.07) is 18.5. The lowest BCUT2D eigenvalue weighted by atomic mass is 10.1. The third-order valence-corrected chi connectivity index (χ3v) is 4.68. The van der Waals surface area contributed by atoms with Crippen LogP contribution in [0.25, 0.3) is 0 Å². The average Bonchev–Trinajstić information content (AvgIpc) is 3.12. The van der Waals surface area contributed by atoms with E-state index in [9.17, 15) is 0 Å². The van der Waals surface area contributed by atoms with Crippen molar-refractivity contribution in [2.24, 2.45) is 0 Å². The van der Waals surface area contributed by atoms with E-state index in [4.69, 9.17) is 5.26 Å². The molecule has 0 aliphatic carbocycles. The van der Waals surface area contributed by atoms with E-state index >= 15 is 0 Å². The smallest absolute Gasteiger partial charge is 0.224 e. The Morgan fingerprint density at radius 3 is 2.62 bits per heavy atom. The van der Waals surface area contributed by atoms with Crippen LogP contribution < -0.4 is 10.2 Å². The molecule has 0 amide bonds. The van der Waals surface area contributed by atoms with Gasteiger partial charge in [-0.15, -0.1) is 0 Å². The van der Waals surface area contributed by atoms with Crippen LogP contribution in [0.2, 0.25) is 0 Å². The second kappa shape index (κ2) is 6.85. The van der Waals surface area contributed by atoms with Gasteiger partial charge in [0.1, 0.15) is 5.82 Å². The van der Waals surface area contributed by atoms with Crippen LogP contribution in [0.15, 0.2) is 54.7 Å². The maximum atomic E-state index is 9.16. The lowest BCUT2D eigenvalue weighted by Crippen LogP contribution is -2.17. The molecule has 1 N–H and O–H groups in total. The summed E-state index contributed by atoms with van der Waals surface area (Å²) in [4.78, 5) is 11.2. The summed E-state index contributed by atoms with van der Waals surface area (Å²) in [5, 5.41) is 12.4. The first kappa shape index (κ1) is 16.1. The lowest BCUT2D eigenvalue weighted by Gasteiger charge is -2.17. The van der Waals surface area contributed by atoms with E-state index in [2.05, 4.69) is 50.5 Å². The molecule has 0 radical (unpaired) electrons. The molecule has 26 heavy (non-hydrogen) atoms. The van der Waals surface area contributed by atoms with Gasteiger partial charge in [0, 0.05) is 25.8 Å². The molecule has 128 valence electrons. The number of hydrogen-bond acceptors (Lipinski definition) is 5. The van der Waals surface area contributed by atoms with Crippen molar-refractivity contribution < 1.29 is 0 Å². The highest BCUT2D eigenvalue weighted by molar-refractivity contribution is 5.49. The molecule has 0 unspecified atom stereocenters. The molecule has 1 aromatic heterocycles. The first-order chi connectivity index (χ1) is 12.7. The number of nitrogens with zero attached hydrogens (tertiary/aromatic N) is 4. The fourth-order valence-corrected chi connectivity index (χ4v) is 3.19. The molecule has 1 aliphatic rings. The van der Waals surface area contributed by atoms with Gasteiger partial charge in [0.25, 0.3) is 0 Å². The molecule has 0 bridgehead atoms. The number of rotatable bonds is 4. The van der Waals surface area contributed by atoms with Gasteiger partial charge >= 0.3 is 0 Å². The Balaban J connectivity index is 1.46. The number of nitrogens with one attached hydrogen (secondary N) is 1. The van der Waals surface area contributed by atoms with Crippen LogP contribution in [-0.2, 0) is 19.6 Å². The minimum Gasteiger partial charge on any atom is -0.350 e. The van der Waals surface area contributed by atoms with Gasteiger partial charge in [-0.05, 0) is 41.3 Å². The zero-order valence-corrected chi connectivity index (χ0v) is 14.6. The Labute approximate surface area is 153 Å². The third-order valence-electron chi connectivity index (χ3n) is 4.68. The first-order valence-corrected chi connectivity index (χ1v) is 8.61. The van der Waals surface area contributed by atoms with Crippen molar-refractivity contribution in [3.63, 3.8) is 0 Å². The summed E-state index contributed by atoms with van der Waals surface area (Å²) in [5.41, 5.74) is 5.43. The summed E-state index contributed by atoms with van der Waals surface area (Å²) < 4.78 is 0. The van der Waals surface area contributed by atoms with Crippen LogP contribution in [-0.4, -0.2) is 9.97 Å². The second-order valence-corrected chi connectivity index (χ2v) is 6.48. The molecule has 1 aliphatic heterocycles. The Morgan fingerprint density at radius 1 is 1.12 bits per heavy atom. The van der Waals surface area contributed by atoms with Crippen LogP contribution in [0.5, 0.6) is 0 Å². The molecule has 0 atom stereocenters. The zero-order valence-electron chi connectivity index (χ0n) is 14.6. The molecule has 0 spiro atoms. The number of fused-ring (bicyclic) bond motifs is 1. The highest BCUT2D eigenvalue weighted by Crippen LogP contribution is 2.27. The SMILES string of the molecule is Cc1ccc(CNc2nccc(N3Cc4ccccc4C3)n2)cc1C#N. The van der Waals surface area contributed by atoms with E-state index in [1.54, 1.807) is 6.20 Å². The van der Waals surface area contributed by atoms with Crippen LogP contribution >= 0.6 is 0 Å². The number of aromatic nitrogens is 2. The van der Waals surface area contributed by atoms with Gasteiger partial charge in [-0.2, -0.15) is 10.2 Å². The van der Waals surface area contributed by atoms with Gasteiger partial charge in [-0.3, -0.25) is 0 Å².